The molecule has 7 heavy (non-hydrogen) atoms. The zero-order valence-electron chi connectivity index (χ0n) is 3.20. The maximum absolute atomic E-state index is 9.01. The Kier molecular flexibility index (Phi) is 11.4. The predicted molar refractivity (Wildman–Crippen MR) is 16.7 cm³/mol. The van der Waals surface area contributed by atoms with Gasteiger partial charge in [-0.1, -0.05) is 0 Å². The van der Waals surface area contributed by atoms with E-state index >= 15 is 0 Å². The van der Waals surface area contributed by atoms with E-state index in [1.165, 1.54) is 0 Å². The number of hydrogen-bond acceptors (Lipinski definition) is 4. The average Bonchev–Trinajstić information content (AvgIpc) is 1.73. The Hall–Kier alpha value is -1.62. The van der Waals surface area contributed by atoms with E-state index in [2.05, 4.69) is 0 Å². The highest BCUT2D eigenvalue weighted by molar-refractivity contribution is 5.83. The summed E-state index contributed by atoms with van der Waals surface area (Å²) in [6.45, 7) is 0. The van der Waals surface area contributed by atoms with Crippen molar-refractivity contribution < 1.29 is 9.90 Å². The fourth-order valence-corrected chi connectivity index (χ4v) is 0. The van der Waals surface area contributed by atoms with Crippen molar-refractivity contribution >= 4 is 5.97 Å². The lowest BCUT2D eigenvalue weighted by molar-refractivity contribution is -0.130. The minimum atomic E-state index is -1.44. The Morgan fingerprint density at radius 3 is 1.71 bits per heavy atom. The van der Waals surface area contributed by atoms with Gasteiger partial charge in [-0.3, -0.25) is 0 Å². The zero-order valence-corrected chi connectivity index (χ0v) is 3.20. The fourth-order valence-electron chi connectivity index (χ4n) is 0. The second kappa shape index (κ2) is 8.83. The van der Waals surface area contributed by atoms with Crippen molar-refractivity contribution in [2.75, 3.05) is 0 Å². The molecule has 0 amide bonds. The van der Waals surface area contributed by atoms with Gasteiger partial charge in [-0.2, -0.15) is 5.26 Å². The Balaban J connectivity index is 0. The van der Waals surface area contributed by atoms with Gasteiger partial charge >= 0.3 is 5.97 Å². The van der Waals surface area contributed by atoms with Crippen molar-refractivity contribution in [2.24, 2.45) is 0 Å². The molecule has 36 valence electrons. The third kappa shape index (κ3) is 172. The summed E-state index contributed by atoms with van der Waals surface area (Å²) in [6.07, 6.45) is 0. The zero-order chi connectivity index (χ0) is 6.28. The van der Waals surface area contributed by atoms with Crippen molar-refractivity contribution in [1.82, 2.24) is 0 Å². The van der Waals surface area contributed by atoms with E-state index in [4.69, 9.17) is 25.9 Å². The molecule has 0 saturated heterocycles. The highest BCUT2D eigenvalue weighted by atomic mass is 16.4. The van der Waals surface area contributed by atoms with Crippen LogP contribution >= 0.6 is 0 Å². The summed E-state index contributed by atoms with van der Waals surface area (Å²) in [7, 11) is 0. The van der Waals surface area contributed by atoms with Gasteiger partial charge in [-0.05, 0) is 0 Å². The third-order valence-corrected chi connectivity index (χ3v) is 0.0956. The van der Waals surface area contributed by atoms with Crippen molar-refractivity contribution in [3.05, 3.63) is 0 Å². The lowest BCUT2D eigenvalue weighted by Gasteiger charge is -1.56. The molecule has 5 heteroatoms. The van der Waals surface area contributed by atoms with E-state index in [1.807, 2.05) is 0 Å². The van der Waals surface area contributed by atoms with Crippen molar-refractivity contribution in [3.8, 4) is 6.07 Å². The monoisotopic (exact) mass is 99.0 g/mol. The predicted octanol–water partition coefficient (Wildman–Crippen LogP) is -0.375. The molecule has 0 radical (unpaired) electrons. The second-order valence-corrected chi connectivity index (χ2v) is 0.417. The first kappa shape index (κ1) is 9.03. The van der Waals surface area contributed by atoms with E-state index in [0.717, 1.165) is 6.07 Å². The minimum Gasteiger partial charge on any atom is -0.470 e. The summed E-state index contributed by atoms with van der Waals surface area (Å²) in [5, 5.41) is 26.7. The summed E-state index contributed by atoms with van der Waals surface area (Å²) in [5.41, 5.74) is 0. The Labute approximate surface area is 39.2 Å². The van der Waals surface area contributed by atoms with Crippen LogP contribution in [0.3, 0.4) is 0 Å². The highest BCUT2D eigenvalue weighted by Crippen LogP contribution is 1.44. The van der Waals surface area contributed by atoms with Gasteiger partial charge in [0.1, 0.15) is 0 Å². The molecule has 5 nitrogen and oxygen atoms in total. The molecule has 0 saturated carbocycles. The number of carbonyl (C=O) groups is 1. The molecule has 0 aliphatic carbocycles. The molecule has 0 aliphatic rings. The number of hydrogen-bond donors (Lipinski definition) is 1. The first-order chi connectivity index (χ1) is 3.27. The van der Waals surface area contributed by atoms with Crippen LogP contribution in [0, 0.1) is 22.1 Å². The van der Waals surface area contributed by atoms with Crippen LogP contribution in [0.25, 0.3) is 0 Å². The van der Waals surface area contributed by atoms with E-state index in [-0.39, 0.29) is 0 Å². The quantitative estimate of drug-likeness (QED) is 0.253. The molecule has 0 unspecified atom stereocenters. The van der Waals surface area contributed by atoms with Gasteiger partial charge in [0, 0.05) is 10.8 Å². The molecule has 0 bridgehead atoms. The number of carboxylic acid groups (broad SMARTS) is 1. The molecule has 0 heterocycles. The van der Waals surface area contributed by atoms with Gasteiger partial charge in [0.05, 0.1) is 0 Å². The van der Waals surface area contributed by atoms with Crippen molar-refractivity contribution in [3.63, 3.8) is 0 Å². The molecule has 0 aromatic carbocycles. The van der Waals surface area contributed by atoms with E-state index in [9.17, 15) is 0 Å². The van der Waals surface area contributed by atoms with Gasteiger partial charge in [0.2, 0.25) is 0 Å². The van der Waals surface area contributed by atoms with Crippen LogP contribution in [0.1, 0.15) is 0 Å². The van der Waals surface area contributed by atoms with Crippen molar-refractivity contribution in [2.45, 2.75) is 0 Å². The van der Waals surface area contributed by atoms with Crippen LogP contribution in [-0.2, 0) is 4.79 Å². The van der Waals surface area contributed by atoms with Crippen molar-refractivity contribution in [1.29, 1.82) is 16.0 Å². The topological polar surface area (TPSA) is 109 Å². The van der Waals surface area contributed by atoms with Crippen LogP contribution in [0.15, 0.2) is 0 Å². The number of aliphatic carboxylic acids is 1. The van der Waals surface area contributed by atoms with Crippen LogP contribution in [-0.4, -0.2) is 11.1 Å². The summed E-state index contributed by atoms with van der Waals surface area (Å²) in [5.74, 6) is -1.44. The molecule has 0 aromatic rings. The normalized spacial score (nSPS) is 4.14. The SMILES string of the molecule is N#CC(=O)O.N#N. The molecule has 0 rings (SSSR count). The third-order valence-electron chi connectivity index (χ3n) is 0.0956. The summed E-state index contributed by atoms with van der Waals surface area (Å²) < 4.78 is 0. The first-order valence-corrected chi connectivity index (χ1v) is 1.10. The van der Waals surface area contributed by atoms with Crippen LogP contribution in [0.2, 0.25) is 0 Å². The minimum absolute atomic E-state index is 0.944. The van der Waals surface area contributed by atoms with Crippen LogP contribution < -0.4 is 0 Å². The highest BCUT2D eigenvalue weighted by Gasteiger charge is 1.79. The smallest absolute Gasteiger partial charge is 0.408 e. The second-order valence-electron chi connectivity index (χ2n) is 0.417. The molecule has 0 spiro atoms. The Morgan fingerprint density at radius 2 is 1.71 bits per heavy atom. The molecule has 0 fully saturated rings. The Morgan fingerprint density at radius 1 is 1.57 bits per heavy atom. The number of rotatable bonds is 0. The van der Waals surface area contributed by atoms with Gasteiger partial charge in [-0.15, -0.1) is 0 Å². The molecular weight excluding hydrogens is 98.0 g/mol. The maximum atomic E-state index is 9.01. The van der Waals surface area contributed by atoms with Gasteiger partial charge in [0.25, 0.3) is 0 Å². The Bertz CT molecular complexity index is 110. The largest absolute Gasteiger partial charge is 0.470 e. The van der Waals surface area contributed by atoms with Gasteiger partial charge < -0.3 is 5.11 Å². The van der Waals surface area contributed by atoms with Gasteiger partial charge in [-0.25, -0.2) is 4.79 Å². The molecule has 0 aromatic heterocycles. The molecular formula is C2HN3O2. The van der Waals surface area contributed by atoms with E-state index in [1.54, 1.807) is 0 Å². The lowest BCUT2D eigenvalue weighted by atomic mass is 10.8. The molecule has 0 aliphatic heterocycles. The van der Waals surface area contributed by atoms with E-state index < -0.39 is 5.97 Å². The number of nitrogens with zero attached hydrogens (tertiary/aromatic N) is 3. The van der Waals surface area contributed by atoms with Crippen LogP contribution in [0.4, 0.5) is 0 Å². The van der Waals surface area contributed by atoms with E-state index in [0.29, 0.717) is 0 Å². The average molecular weight is 99.0 g/mol. The maximum Gasteiger partial charge on any atom is 0.408 e. The van der Waals surface area contributed by atoms with Gasteiger partial charge in [0.15, 0.2) is 6.07 Å². The first-order valence-electron chi connectivity index (χ1n) is 1.10. The van der Waals surface area contributed by atoms with Crippen LogP contribution in [0.5, 0.6) is 0 Å². The molecule has 1 N–H and O–H groups in total. The summed E-state index contributed by atoms with van der Waals surface area (Å²) in [4.78, 5) is 9.01. The number of nitriles is 1. The molecule has 0 atom stereocenters. The standard InChI is InChI=1S/C2HNO2.N2/c3-1-2(4)5;1-2/h(H,4,5);. The fraction of sp³-hybridized carbons (Fsp3) is 0. The summed E-state index contributed by atoms with van der Waals surface area (Å²) in [6, 6.07) is 0.944. The lowest BCUT2D eigenvalue weighted by Crippen LogP contribution is -1.83. The number of carboxylic acids is 1. The summed E-state index contributed by atoms with van der Waals surface area (Å²) >= 11 is 0.